The summed E-state index contributed by atoms with van der Waals surface area (Å²) >= 11 is 0. The van der Waals surface area contributed by atoms with Crippen LogP contribution in [-0.2, 0) is 12.1 Å². The van der Waals surface area contributed by atoms with Crippen molar-refractivity contribution in [2.45, 2.75) is 71.5 Å². The smallest absolute Gasteiger partial charge is 0.126 e. The van der Waals surface area contributed by atoms with Gasteiger partial charge in [-0.1, -0.05) is 13.3 Å². The molecule has 0 aromatic carbocycles. The number of rotatable bonds is 3. The summed E-state index contributed by atoms with van der Waals surface area (Å²) in [4.78, 5) is 2.57. The Kier molecular flexibility index (Phi) is 4.19. The fourth-order valence-electron chi connectivity index (χ4n) is 3.00. The predicted molar refractivity (Wildman–Crippen MR) is 80.0 cm³/mol. The summed E-state index contributed by atoms with van der Waals surface area (Å²) in [6.07, 6.45) is 7.18. The molecule has 1 fully saturated rings. The largest absolute Gasteiger partial charge is 0.384 e. The number of likely N-dealkylation sites (tertiary alicyclic amines) is 1. The highest BCUT2D eigenvalue weighted by Crippen LogP contribution is 2.26. The van der Waals surface area contributed by atoms with Gasteiger partial charge in [0, 0.05) is 18.2 Å². The lowest BCUT2D eigenvalue weighted by Crippen LogP contribution is -2.38. The molecular weight excluding hydrogens is 236 g/mol. The summed E-state index contributed by atoms with van der Waals surface area (Å²) in [6.45, 7) is 10.8. The van der Waals surface area contributed by atoms with Crippen molar-refractivity contribution in [3.05, 3.63) is 11.8 Å². The van der Waals surface area contributed by atoms with Gasteiger partial charge in [-0.2, -0.15) is 5.10 Å². The summed E-state index contributed by atoms with van der Waals surface area (Å²) in [5, 5.41) is 4.47. The summed E-state index contributed by atoms with van der Waals surface area (Å²) in [5.41, 5.74) is 7.40. The van der Waals surface area contributed by atoms with E-state index in [9.17, 15) is 0 Å². The van der Waals surface area contributed by atoms with Gasteiger partial charge in [0.2, 0.25) is 0 Å². The van der Waals surface area contributed by atoms with Crippen molar-refractivity contribution >= 4 is 5.82 Å². The third-order valence-corrected chi connectivity index (χ3v) is 4.12. The second-order valence-corrected chi connectivity index (χ2v) is 6.67. The fourth-order valence-corrected chi connectivity index (χ4v) is 3.00. The predicted octanol–water partition coefficient (Wildman–Crippen LogP) is 2.98. The van der Waals surface area contributed by atoms with E-state index in [0.717, 1.165) is 12.4 Å². The molecule has 0 aliphatic carbocycles. The van der Waals surface area contributed by atoms with E-state index in [2.05, 4.69) is 37.7 Å². The highest BCUT2D eigenvalue weighted by Gasteiger charge is 2.24. The van der Waals surface area contributed by atoms with Crippen molar-refractivity contribution in [3.8, 4) is 0 Å². The van der Waals surface area contributed by atoms with E-state index in [0.29, 0.717) is 6.04 Å². The molecule has 1 aromatic heterocycles. The Labute approximate surface area is 117 Å². The van der Waals surface area contributed by atoms with Crippen molar-refractivity contribution < 1.29 is 0 Å². The van der Waals surface area contributed by atoms with E-state index >= 15 is 0 Å². The van der Waals surface area contributed by atoms with Crippen molar-refractivity contribution in [2.24, 2.45) is 0 Å². The fraction of sp³-hybridized carbons (Fsp3) is 0.800. The first-order chi connectivity index (χ1) is 8.93. The van der Waals surface area contributed by atoms with E-state index in [4.69, 9.17) is 5.73 Å². The molecule has 1 atom stereocenters. The van der Waals surface area contributed by atoms with Crippen LogP contribution >= 0.6 is 0 Å². The number of nitrogens with zero attached hydrogens (tertiary/aromatic N) is 3. The van der Waals surface area contributed by atoms with E-state index in [1.54, 1.807) is 0 Å². The molecule has 1 aromatic rings. The van der Waals surface area contributed by atoms with Crippen LogP contribution in [0.25, 0.3) is 0 Å². The summed E-state index contributed by atoms with van der Waals surface area (Å²) in [7, 11) is 0. The number of piperidine rings is 1. The van der Waals surface area contributed by atoms with Crippen LogP contribution in [0.3, 0.4) is 0 Å². The van der Waals surface area contributed by atoms with Gasteiger partial charge in [-0.15, -0.1) is 0 Å². The highest BCUT2D eigenvalue weighted by molar-refractivity contribution is 5.39. The molecule has 1 saturated heterocycles. The van der Waals surface area contributed by atoms with Gasteiger partial charge in [-0.05, 0) is 46.6 Å². The Morgan fingerprint density at radius 2 is 2.11 bits per heavy atom. The maximum atomic E-state index is 6.27. The van der Waals surface area contributed by atoms with Gasteiger partial charge in [0.1, 0.15) is 5.82 Å². The normalized spacial score (nSPS) is 21.8. The number of hydrogen-bond donors (Lipinski definition) is 1. The zero-order valence-corrected chi connectivity index (χ0v) is 12.8. The molecule has 1 unspecified atom stereocenters. The van der Waals surface area contributed by atoms with Crippen LogP contribution in [0.2, 0.25) is 0 Å². The Hall–Kier alpha value is -1.03. The number of anilines is 1. The first-order valence-corrected chi connectivity index (χ1v) is 7.50. The molecule has 0 saturated carbocycles. The molecule has 2 rings (SSSR count). The molecule has 0 spiro atoms. The monoisotopic (exact) mass is 264 g/mol. The first-order valence-electron chi connectivity index (χ1n) is 7.50. The van der Waals surface area contributed by atoms with Gasteiger partial charge < -0.3 is 5.73 Å². The SMILES string of the molecule is CCC1CCCCN1Cc1cnn(C(C)(C)C)c1N. The lowest BCUT2D eigenvalue weighted by Gasteiger charge is -2.35. The van der Waals surface area contributed by atoms with Crippen LogP contribution in [-0.4, -0.2) is 27.3 Å². The van der Waals surface area contributed by atoms with Gasteiger partial charge in [-0.3, -0.25) is 4.90 Å². The molecular formula is C15H28N4. The maximum Gasteiger partial charge on any atom is 0.126 e. The van der Waals surface area contributed by atoms with Gasteiger partial charge in [0.25, 0.3) is 0 Å². The van der Waals surface area contributed by atoms with E-state index < -0.39 is 0 Å². The zero-order chi connectivity index (χ0) is 14.0. The molecule has 108 valence electrons. The van der Waals surface area contributed by atoms with E-state index in [-0.39, 0.29) is 5.54 Å². The van der Waals surface area contributed by atoms with Gasteiger partial charge in [0.05, 0.1) is 11.7 Å². The van der Waals surface area contributed by atoms with Crippen LogP contribution in [0.1, 0.15) is 58.9 Å². The topological polar surface area (TPSA) is 47.1 Å². The van der Waals surface area contributed by atoms with Gasteiger partial charge in [-0.25, -0.2) is 4.68 Å². The minimum absolute atomic E-state index is 0.0472. The minimum Gasteiger partial charge on any atom is -0.384 e. The summed E-state index contributed by atoms with van der Waals surface area (Å²) in [5.74, 6) is 0.827. The molecule has 0 bridgehead atoms. The zero-order valence-electron chi connectivity index (χ0n) is 12.8. The summed E-state index contributed by atoms with van der Waals surface area (Å²) < 4.78 is 1.94. The highest BCUT2D eigenvalue weighted by atomic mass is 15.3. The third-order valence-electron chi connectivity index (χ3n) is 4.12. The first kappa shape index (κ1) is 14.4. The Morgan fingerprint density at radius 3 is 2.68 bits per heavy atom. The third kappa shape index (κ3) is 3.11. The average molecular weight is 264 g/mol. The van der Waals surface area contributed by atoms with Crippen LogP contribution in [0.15, 0.2) is 6.20 Å². The second-order valence-electron chi connectivity index (χ2n) is 6.67. The van der Waals surface area contributed by atoms with Gasteiger partial charge >= 0.3 is 0 Å². The second kappa shape index (κ2) is 5.53. The van der Waals surface area contributed by atoms with E-state index in [1.165, 1.54) is 37.8 Å². The minimum atomic E-state index is -0.0472. The molecule has 1 aliphatic rings. The summed E-state index contributed by atoms with van der Waals surface area (Å²) in [6, 6.07) is 0.714. The Morgan fingerprint density at radius 1 is 1.37 bits per heavy atom. The average Bonchev–Trinajstić information content (AvgIpc) is 2.71. The number of nitrogen functional groups attached to an aromatic ring is 1. The molecule has 1 aliphatic heterocycles. The maximum absolute atomic E-state index is 6.27. The van der Waals surface area contributed by atoms with Crippen LogP contribution in [0.4, 0.5) is 5.82 Å². The molecule has 0 radical (unpaired) electrons. The molecule has 2 N–H and O–H groups in total. The van der Waals surface area contributed by atoms with Crippen molar-refractivity contribution in [1.82, 2.24) is 14.7 Å². The molecule has 0 amide bonds. The van der Waals surface area contributed by atoms with E-state index in [1.807, 2.05) is 10.9 Å². The number of hydrogen-bond acceptors (Lipinski definition) is 3. The molecule has 2 heterocycles. The molecule has 4 heteroatoms. The van der Waals surface area contributed by atoms with Crippen molar-refractivity contribution in [3.63, 3.8) is 0 Å². The lowest BCUT2D eigenvalue weighted by atomic mass is 9.99. The quantitative estimate of drug-likeness (QED) is 0.913. The van der Waals surface area contributed by atoms with Crippen LogP contribution in [0, 0.1) is 0 Å². The van der Waals surface area contributed by atoms with Crippen LogP contribution in [0.5, 0.6) is 0 Å². The Balaban J connectivity index is 2.13. The number of aromatic nitrogens is 2. The lowest BCUT2D eigenvalue weighted by molar-refractivity contribution is 0.136. The van der Waals surface area contributed by atoms with Gasteiger partial charge in [0.15, 0.2) is 0 Å². The van der Waals surface area contributed by atoms with Crippen molar-refractivity contribution in [1.29, 1.82) is 0 Å². The Bertz CT molecular complexity index is 416. The molecule has 4 nitrogen and oxygen atoms in total. The molecule has 19 heavy (non-hydrogen) atoms. The number of nitrogens with two attached hydrogens (primary N) is 1. The van der Waals surface area contributed by atoms with Crippen molar-refractivity contribution in [2.75, 3.05) is 12.3 Å². The standard InChI is InChI=1S/C15H28N4/c1-5-13-8-6-7-9-18(13)11-12-10-17-19(14(12)16)15(2,3)4/h10,13H,5-9,11,16H2,1-4H3. The van der Waals surface area contributed by atoms with Crippen LogP contribution < -0.4 is 5.73 Å².